The summed E-state index contributed by atoms with van der Waals surface area (Å²) in [6.45, 7) is 2.11. The molecule has 0 unspecified atom stereocenters. The van der Waals surface area contributed by atoms with Crippen LogP contribution in [0.4, 0.5) is 0 Å². The van der Waals surface area contributed by atoms with Crippen molar-refractivity contribution >= 4 is 16.3 Å². The Morgan fingerprint density at radius 3 is 2.79 bits per heavy atom. The summed E-state index contributed by atoms with van der Waals surface area (Å²) < 4.78 is 7.13. The second-order valence-electron chi connectivity index (χ2n) is 5.55. The molecule has 120 valence electrons. The molecule has 5 nitrogen and oxygen atoms in total. The smallest absolute Gasteiger partial charge is 0.234 e. The van der Waals surface area contributed by atoms with Crippen molar-refractivity contribution in [2.45, 2.75) is 13.3 Å². The highest BCUT2D eigenvalue weighted by Gasteiger charge is 2.14. The van der Waals surface area contributed by atoms with Gasteiger partial charge in [0, 0.05) is 12.0 Å². The van der Waals surface area contributed by atoms with E-state index in [4.69, 9.17) is 9.84 Å². The van der Waals surface area contributed by atoms with Crippen molar-refractivity contribution in [1.82, 2.24) is 19.8 Å². The molecule has 2 aromatic carbocycles. The third-order valence-corrected chi connectivity index (χ3v) is 4.93. The first-order chi connectivity index (χ1) is 11.7. The minimum atomic E-state index is 0.717. The molecule has 0 aliphatic heterocycles. The van der Waals surface area contributed by atoms with Crippen molar-refractivity contribution < 1.29 is 4.74 Å². The molecule has 4 rings (SSSR count). The van der Waals surface area contributed by atoms with Crippen molar-refractivity contribution in [3.05, 3.63) is 65.5 Å². The fraction of sp³-hybridized carbons (Fsp3) is 0.167. The standard InChI is InChI=1S/C18H16N4OS/c1-12-6-3-4-7-13(12)11-16-19-20-18-22(16)21-17(24-18)14-8-5-9-15(10-14)23-2/h3-10H,11H2,1-2H3. The number of fused-ring (bicyclic) bond motifs is 1. The maximum Gasteiger partial charge on any atom is 0.234 e. The Balaban J connectivity index is 1.72. The molecule has 0 atom stereocenters. The third kappa shape index (κ3) is 2.65. The van der Waals surface area contributed by atoms with Crippen molar-refractivity contribution in [3.8, 4) is 16.3 Å². The van der Waals surface area contributed by atoms with E-state index in [1.165, 1.54) is 22.5 Å². The predicted molar refractivity (Wildman–Crippen MR) is 94.6 cm³/mol. The number of methoxy groups -OCH3 is 1. The van der Waals surface area contributed by atoms with Crippen LogP contribution in [0.1, 0.15) is 17.0 Å². The first kappa shape index (κ1) is 14.8. The maximum atomic E-state index is 5.29. The van der Waals surface area contributed by atoms with Gasteiger partial charge in [-0.15, -0.1) is 10.2 Å². The molecule has 2 heterocycles. The number of hydrogen-bond acceptors (Lipinski definition) is 5. The summed E-state index contributed by atoms with van der Waals surface area (Å²) in [5.74, 6) is 1.67. The Hall–Kier alpha value is -2.73. The van der Waals surface area contributed by atoms with E-state index < -0.39 is 0 Å². The van der Waals surface area contributed by atoms with Gasteiger partial charge in [0.2, 0.25) is 4.96 Å². The van der Waals surface area contributed by atoms with Crippen LogP contribution in [0.5, 0.6) is 5.75 Å². The number of rotatable bonds is 4. The van der Waals surface area contributed by atoms with Gasteiger partial charge >= 0.3 is 0 Å². The van der Waals surface area contributed by atoms with Crippen LogP contribution in [-0.2, 0) is 6.42 Å². The van der Waals surface area contributed by atoms with Crippen LogP contribution in [0.25, 0.3) is 15.5 Å². The fourth-order valence-electron chi connectivity index (χ4n) is 2.62. The van der Waals surface area contributed by atoms with E-state index in [0.717, 1.165) is 33.5 Å². The lowest BCUT2D eigenvalue weighted by molar-refractivity contribution is 0.415. The summed E-state index contributed by atoms with van der Waals surface area (Å²) in [4.78, 5) is 0.802. The van der Waals surface area contributed by atoms with Crippen LogP contribution in [0.15, 0.2) is 48.5 Å². The predicted octanol–water partition coefficient (Wildman–Crippen LogP) is 3.76. The van der Waals surface area contributed by atoms with Crippen LogP contribution >= 0.6 is 11.3 Å². The van der Waals surface area contributed by atoms with Crippen LogP contribution in [0.2, 0.25) is 0 Å². The minimum absolute atomic E-state index is 0.717. The SMILES string of the molecule is COc1cccc(-c2nn3c(Cc4ccccc4C)nnc3s2)c1. The zero-order valence-corrected chi connectivity index (χ0v) is 14.2. The lowest BCUT2D eigenvalue weighted by atomic mass is 10.1. The van der Waals surface area contributed by atoms with Crippen molar-refractivity contribution in [3.63, 3.8) is 0 Å². The first-order valence-corrected chi connectivity index (χ1v) is 8.46. The molecule has 0 aliphatic carbocycles. The molecule has 4 aromatic rings. The molecular weight excluding hydrogens is 320 g/mol. The van der Waals surface area contributed by atoms with E-state index >= 15 is 0 Å². The molecule has 0 fully saturated rings. The highest BCUT2D eigenvalue weighted by atomic mass is 32.1. The van der Waals surface area contributed by atoms with Crippen molar-refractivity contribution in [1.29, 1.82) is 0 Å². The molecule has 24 heavy (non-hydrogen) atoms. The van der Waals surface area contributed by atoms with Gasteiger partial charge in [0.25, 0.3) is 0 Å². The van der Waals surface area contributed by atoms with Gasteiger partial charge < -0.3 is 4.74 Å². The van der Waals surface area contributed by atoms with Crippen LogP contribution < -0.4 is 4.74 Å². The van der Waals surface area contributed by atoms with Gasteiger partial charge in [-0.05, 0) is 30.2 Å². The number of aromatic nitrogens is 4. The number of benzene rings is 2. The fourth-order valence-corrected chi connectivity index (χ4v) is 3.47. The molecule has 0 spiro atoms. The summed E-state index contributed by atoms with van der Waals surface area (Å²) >= 11 is 1.53. The van der Waals surface area contributed by atoms with Crippen LogP contribution in [0.3, 0.4) is 0 Å². The molecule has 0 saturated carbocycles. The summed E-state index contributed by atoms with van der Waals surface area (Å²) in [6.07, 6.45) is 0.717. The van der Waals surface area contributed by atoms with E-state index in [2.05, 4.69) is 29.3 Å². The average Bonchev–Trinajstić information content (AvgIpc) is 3.19. The van der Waals surface area contributed by atoms with Gasteiger partial charge in [0.05, 0.1) is 7.11 Å². The third-order valence-electron chi connectivity index (χ3n) is 3.98. The molecule has 0 amide bonds. The Morgan fingerprint density at radius 1 is 1.08 bits per heavy atom. The van der Waals surface area contributed by atoms with Gasteiger partial charge in [0.15, 0.2) is 5.82 Å². The van der Waals surface area contributed by atoms with Crippen LogP contribution in [0, 0.1) is 6.92 Å². The zero-order valence-electron chi connectivity index (χ0n) is 13.4. The van der Waals surface area contributed by atoms with Crippen LogP contribution in [-0.4, -0.2) is 26.9 Å². The number of aryl methyl sites for hydroxylation is 1. The molecule has 0 bridgehead atoms. The maximum absolute atomic E-state index is 5.29. The summed E-state index contributed by atoms with van der Waals surface area (Å²) in [5, 5.41) is 14.2. The van der Waals surface area contributed by atoms with Gasteiger partial charge in [-0.25, -0.2) is 0 Å². The second kappa shape index (κ2) is 6.05. The van der Waals surface area contributed by atoms with E-state index in [0.29, 0.717) is 0 Å². The molecular formula is C18H16N4OS. The van der Waals surface area contributed by atoms with Gasteiger partial charge in [-0.1, -0.05) is 47.7 Å². The Morgan fingerprint density at radius 2 is 1.96 bits per heavy atom. The van der Waals surface area contributed by atoms with E-state index in [9.17, 15) is 0 Å². The highest BCUT2D eigenvalue weighted by molar-refractivity contribution is 7.19. The molecule has 6 heteroatoms. The zero-order chi connectivity index (χ0) is 16.5. The van der Waals surface area contributed by atoms with Crippen molar-refractivity contribution in [2.75, 3.05) is 7.11 Å². The van der Waals surface area contributed by atoms with Gasteiger partial charge in [-0.2, -0.15) is 9.61 Å². The molecule has 0 radical (unpaired) electrons. The monoisotopic (exact) mass is 336 g/mol. The highest BCUT2D eigenvalue weighted by Crippen LogP contribution is 2.28. The lowest BCUT2D eigenvalue weighted by Gasteiger charge is -2.03. The molecule has 2 aromatic heterocycles. The summed E-state index contributed by atoms with van der Waals surface area (Å²) in [6, 6.07) is 16.2. The molecule has 0 saturated heterocycles. The van der Waals surface area contributed by atoms with Gasteiger partial charge in [0.1, 0.15) is 10.8 Å². The topological polar surface area (TPSA) is 52.3 Å². The number of nitrogens with zero attached hydrogens (tertiary/aromatic N) is 4. The Kier molecular flexibility index (Phi) is 3.74. The van der Waals surface area contributed by atoms with E-state index in [1.807, 2.05) is 40.9 Å². The first-order valence-electron chi connectivity index (χ1n) is 7.64. The largest absolute Gasteiger partial charge is 0.497 e. The molecule has 0 N–H and O–H groups in total. The van der Waals surface area contributed by atoms with Crippen molar-refractivity contribution in [2.24, 2.45) is 0 Å². The second-order valence-corrected chi connectivity index (χ2v) is 6.51. The Bertz CT molecular complexity index is 1010. The normalized spacial score (nSPS) is 11.1. The lowest BCUT2D eigenvalue weighted by Crippen LogP contribution is -1.99. The number of hydrogen-bond donors (Lipinski definition) is 0. The average molecular weight is 336 g/mol. The van der Waals surface area contributed by atoms with Gasteiger partial charge in [-0.3, -0.25) is 0 Å². The molecule has 0 aliphatic rings. The number of ether oxygens (including phenoxy) is 1. The quantitative estimate of drug-likeness (QED) is 0.569. The Labute approximate surface area is 143 Å². The minimum Gasteiger partial charge on any atom is -0.497 e. The van der Waals surface area contributed by atoms with E-state index in [1.54, 1.807) is 7.11 Å². The summed E-state index contributed by atoms with van der Waals surface area (Å²) in [7, 11) is 1.66. The summed E-state index contributed by atoms with van der Waals surface area (Å²) in [5.41, 5.74) is 3.51. The van der Waals surface area contributed by atoms with E-state index in [-0.39, 0.29) is 0 Å².